The second-order valence-electron chi connectivity index (χ2n) is 6.04. The van der Waals surface area contributed by atoms with Gasteiger partial charge in [0, 0.05) is 57.6 Å². The van der Waals surface area contributed by atoms with Gasteiger partial charge in [0.05, 0.1) is 19.5 Å². The van der Waals surface area contributed by atoms with Crippen LogP contribution in [0.25, 0.3) is 0 Å². The molecule has 6 heteroatoms. The second kappa shape index (κ2) is 6.58. The van der Waals surface area contributed by atoms with Crippen molar-refractivity contribution >= 4 is 5.91 Å². The number of amides is 1. The highest BCUT2D eigenvalue weighted by atomic mass is 16.5. The Labute approximate surface area is 125 Å². The van der Waals surface area contributed by atoms with E-state index < -0.39 is 0 Å². The second-order valence-corrected chi connectivity index (χ2v) is 6.04. The number of carbonyl (C=O) groups excluding carboxylic acids is 1. The summed E-state index contributed by atoms with van der Waals surface area (Å²) in [7, 11) is 0. The highest BCUT2D eigenvalue weighted by molar-refractivity contribution is 5.76. The van der Waals surface area contributed by atoms with E-state index in [9.17, 15) is 4.79 Å². The number of morpholine rings is 1. The maximum absolute atomic E-state index is 12.4. The van der Waals surface area contributed by atoms with Crippen LogP contribution in [0.5, 0.6) is 0 Å². The first kappa shape index (κ1) is 14.5. The standard InChI is InChI=1S/C15H24N4O2/c1-13-10-19(11-14(13)18-6-8-21-9-7-18)15(20)2-4-17-5-3-16-12-17/h3,5,12-14H,2,4,6-11H2,1H3/t13-,14+/m1/s1. The molecule has 1 aromatic heterocycles. The van der Waals surface area contributed by atoms with Crippen LogP contribution in [0.4, 0.5) is 0 Å². The molecule has 1 aromatic rings. The van der Waals surface area contributed by atoms with Crippen LogP contribution in [-0.2, 0) is 16.1 Å². The normalized spacial score (nSPS) is 27.2. The molecule has 2 aliphatic heterocycles. The third-order valence-corrected chi connectivity index (χ3v) is 4.58. The number of likely N-dealkylation sites (tertiary alicyclic amines) is 1. The highest BCUT2D eigenvalue weighted by Crippen LogP contribution is 2.23. The van der Waals surface area contributed by atoms with Gasteiger partial charge in [-0.2, -0.15) is 0 Å². The Morgan fingerprint density at radius 3 is 2.86 bits per heavy atom. The average molecular weight is 292 g/mol. The van der Waals surface area contributed by atoms with Gasteiger partial charge in [-0.05, 0) is 5.92 Å². The quantitative estimate of drug-likeness (QED) is 0.808. The molecule has 116 valence electrons. The van der Waals surface area contributed by atoms with Crippen molar-refractivity contribution < 1.29 is 9.53 Å². The lowest BCUT2D eigenvalue weighted by atomic mass is 10.0. The Kier molecular flexibility index (Phi) is 4.55. The summed E-state index contributed by atoms with van der Waals surface area (Å²) in [6.45, 7) is 8.33. The Balaban J connectivity index is 1.51. The van der Waals surface area contributed by atoms with E-state index in [0.717, 1.165) is 39.4 Å². The molecule has 3 rings (SSSR count). The summed E-state index contributed by atoms with van der Waals surface area (Å²) in [6.07, 6.45) is 5.96. The van der Waals surface area contributed by atoms with Gasteiger partial charge in [0.1, 0.15) is 0 Å². The van der Waals surface area contributed by atoms with Gasteiger partial charge in [-0.3, -0.25) is 9.69 Å². The molecule has 0 bridgehead atoms. The number of nitrogens with zero attached hydrogens (tertiary/aromatic N) is 4. The van der Waals surface area contributed by atoms with E-state index in [0.29, 0.717) is 24.9 Å². The van der Waals surface area contributed by atoms with Crippen LogP contribution in [0.1, 0.15) is 13.3 Å². The topological polar surface area (TPSA) is 50.6 Å². The van der Waals surface area contributed by atoms with Crippen molar-refractivity contribution in [2.24, 2.45) is 5.92 Å². The largest absolute Gasteiger partial charge is 0.379 e. The molecule has 0 spiro atoms. The summed E-state index contributed by atoms with van der Waals surface area (Å²) in [5.74, 6) is 0.798. The van der Waals surface area contributed by atoms with Crippen LogP contribution in [0, 0.1) is 5.92 Å². The molecule has 2 atom stereocenters. The lowest BCUT2D eigenvalue weighted by Crippen LogP contribution is -2.47. The number of hydrogen-bond donors (Lipinski definition) is 0. The summed E-state index contributed by atoms with van der Waals surface area (Å²) in [4.78, 5) is 20.9. The molecule has 0 aliphatic carbocycles. The summed E-state index contributed by atoms with van der Waals surface area (Å²) >= 11 is 0. The number of carbonyl (C=O) groups is 1. The minimum atomic E-state index is 0.256. The zero-order valence-corrected chi connectivity index (χ0v) is 12.6. The van der Waals surface area contributed by atoms with Crippen LogP contribution in [0.2, 0.25) is 0 Å². The Morgan fingerprint density at radius 1 is 1.33 bits per heavy atom. The molecule has 1 amide bonds. The number of imidazole rings is 1. The maximum atomic E-state index is 12.4. The van der Waals surface area contributed by atoms with E-state index in [2.05, 4.69) is 16.8 Å². The van der Waals surface area contributed by atoms with Gasteiger partial charge in [0.25, 0.3) is 0 Å². The minimum Gasteiger partial charge on any atom is -0.379 e. The predicted molar refractivity (Wildman–Crippen MR) is 78.8 cm³/mol. The Bertz CT molecular complexity index is 456. The minimum absolute atomic E-state index is 0.256. The fourth-order valence-electron chi connectivity index (χ4n) is 3.34. The van der Waals surface area contributed by atoms with Crippen molar-refractivity contribution in [2.45, 2.75) is 25.9 Å². The first-order valence-corrected chi connectivity index (χ1v) is 7.79. The zero-order chi connectivity index (χ0) is 14.7. The fraction of sp³-hybridized carbons (Fsp3) is 0.733. The maximum Gasteiger partial charge on any atom is 0.224 e. The molecule has 0 aromatic carbocycles. The predicted octanol–water partition coefficient (Wildman–Crippen LogP) is 0.452. The molecule has 21 heavy (non-hydrogen) atoms. The zero-order valence-electron chi connectivity index (χ0n) is 12.6. The van der Waals surface area contributed by atoms with Crippen molar-refractivity contribution in [3.8, 4) is 0 Å². The van der Waals surface area contributed by atoms with Gasteiger partial charge >= 0.3 is 0 Å². The molecule has 2 fully saturated rings. The smallest absolute Gasteiger partial charge is 0.224 e. The Hall–Kier alpha value is -1.40. The van der Waals surface area contributed by atoms with Gasteiger partial charge in [0.15, 0.2) is 0 Å². The number of aryl methyl sites for hydroxylation is 1. The number of aromatic nitrogens is 2. The van der Waals surface area contributed by atoms with Crippen molar-refractivity contribution in [3.63, 3.8) is 0 Å². The molecular weight excluding hydrogens is 268 g/mol. The lowest BCUT2D eigenvalue weighted by Gasteiger charge is -2.34. The van der Waals surface area contributed by atoms with E-state index in [4.69, 9.17) is 4.74 Å². The van der Waals surface area contributed by atoms with E-state index in [-0.39, 0.29) is 5.91 Å². The SMILES string of the molecule is C[C@@H]1CN(C(=O)CCn2ccnc2)C[C@@H]1N1CCOCC1. The first-order chi connectivity index (χ1) is 10.2. The van der Waals surface area contributed by atoms with E-state index in [1.54, 1.807) is 12.5 Å². The number of hydrogen-bond acceptors (Lipinski definition) is 4. The summed E-state index contributed by atoms with van der Waals surface area (Å²) in [5, 5.41) is 0. The molecular formula is C15H24N4O2. The van der Waals surface area contributed by atoms with Crippen LogP contribution in [0.15, 0.2) is 18.7 Å². The van der Waals surface area contributed by atoms with Crippen LogP contribution in [-0.4, -0.2) is 70.7 Å². The third kappa shape index (κ3) is 3.44. The molecule has 3 heterocycles. The van der Waals surface area contributed by atoms with Gasteiger partial charge in [-0.15, -0.1) is 0 Å². The molecule has 0 saturated carbocycles. The van der Waals surface area contributed by atoms with Crippen molar-refractivity contribution in [1.82, 2.24) is 19.4 Å². The fourth-order valence-corrected chi connectivity index (χ4v) is 3.34. The number of ether oxygens (including phenoxy) is 1. The Morgan fingerprint density at radius 2 is 2.14 bits per heavy atom. The van der Waals surface area contributed by atoms with Gasteiger partial charge in [-0.25, -0.2) is 4.98 Å². The van der Waals surface area contributed by atoms with E-state index in [1.807, 2.05) is 15.7 Å². The monoisotopic (exact) mass is 292 g/mol. The molecule has 0 N–H and O–H groups in total. The molecule has 2 aliphatic rings. The van der Waals surface area contributed by atoms with Crippen molar-refractivity contribution in [3.05, 3.63) is 18.7 Å². The number of rotatable bonds is 4. The van der Waals surface area contributed by atoms with Crippen molar-refractivity contribution in [1.29, 1.82) is 0 Å². The highest BCUT2D eigenvalue weighted by Gasteiger charge is 2.36. The van der Waals surface area contributed by atoms with Gasteiger partial charge in [0.2, 0.25) is 5.91 Å². The average Bonchev–Trinajstić information content (AvgIpc) is 3.15. The van der Waals surface area contributed by atoms with Gasteiger partial charge in [-0.1, -0.05) is 6.92 Å². The third-order valence-electron chi connectivity index (χ3n) is 4.58. The molecule has 0 radical (unpaired) electrons. The molecule has 0 unspecified atom stereocenters. The summed E-state index contributed by atoms with van der Waals surface area (Å²) in [6, 6.07) is 0.492. The lowest BCUT2D eigenvalue weighted by molar-refractivity contribution is -0.130. The van der Waals surface area contributed by atoms with Crippen molar-refractivity contribution in [2.75, 3.05) is 39.4 Å². The van der Waals surface area contributed by atoms with Crippen LogP contribution < -0.4 is 0 Å². The van der Waals surface area contributed by atoms with Crippen LogP contribution in [0.3, 0.4) is 0 Å². The van der Waals surface area contributed by atoms with E-state index in [1.165, 1.54) is 0 Å². The first-order valence-electron chi connectivity index (χ1n) is 7.79. The molecule has 6 nitrogen and oxygen atoms in total. The molecule has 2 saturated heterocycles. The summed E-state index contributed by atoms with van der Waals surface area (Å²) < 4.78 is 7.37. The summed E-state index contributed by atoms with van der Waals surface area (Å²) in [5.41, 5.74) is 0. The van der Waals surface area contributed by atoms with E-state index >= 15 is 0 Å². The van der Waals surface area contributed by atoms with Gasteiger partial charge < -0.3 is 14.2 Å². The van der Waals surface area contributed by atoms with Crippen LogP contribution >= 0.6 is 0 Å².